The summed E-state index contributed by atoms with van der Waals surface area (Å²) in [7, 11) is 1.64. The topological polar surface area (TPSA) is 46.2 Å². The summed E-state index contributed by atoms with van der Waals surface area (Å²) in [6.45, 7) is 7.06. The molecule has 3 heteroatoms. The number of carbonyl (C=O) groups is 1. The Kier molecular flexibility index (Phi) is 13.5. The molecule has 0 aromatic rings. The molecule has 58 valence electrons. The second-order valence-electron chi connectivity index (χ2n) is 1.89. The van der Waals surface area contributed by atoms with Gasteiger partial charge in [-0.25, -0.2) is 0 Å². The Balaban J connectivity index is 0. The van der Waals surface area contributed by atoms with Crippen LogP contribution >= 0.6 is 0 Å². The van der Waals surface area contributed by atoms with Crippen LogP contribution in [0.15, 0.2) is 0 Å². The molecule has 0 aromatic heterocycles. The van der Waals surface area contributed by atoms with Gasteiger partial charge in [0.1, 0.15) is 6.29 Å². The third kappa shape index (κ3) is 10.4. The number of methoxy groups -OCH3 is 1. The molecular weight excluding hydrogens is 132 g/mol. The zero-order valence-corrected chi connectivity index (χ0v) is 6.29. The standard InChI is InChI=1S/C6H12O2.CO/c1-6(5-7)3-4-8-2;1-2/h5-6H,3-4H2,1-2H3;. The Morgan fingerprint density at radius 2 is 2.20 bits per heavy atom. The van der Waals surface area contributed by atoms with E-state index in [1.165, 1.54) is 0 Å². The summed E-state index contributed by atoms with van der Waals surface area (Å²) < 4.78 is 12.3. The first-order valence-corrected chi connectivity index (χ1v) is 2.96. The van der Waals surface area contributed by atoms with Gasteiger partial charge >= 0.3 is 11.3 Å². The Hall–Kier alpha value is -0.630. The van der Waals surface area contributed by atoms with Gasteiger partial charge in [0.05, 0.1) is 0 Å². The van der Waals surface area contributed by atoms with E-state index in [0.717, 1.165) is 12.7 Å². The van der Waals surface area contributed by atoms with Crippen molar-refractivity contribution in [2.75, 3.05) is 13.7 Å². The molecular formula is C7H12O3. The van der Waals surface area contributed by atoms with Crippen LogP contribution in [-0.2, 0) is 14.2 Å². The van der Waals surface area contributed by atoms with Gasteiger partial charge in [-0.2, -0.15) is 0 Å². The van der Waals surface area contributed by atoms with E-state index in [9.17, 15) is 4.79 Å². The van der Waals surface area contributed by atoms with Gasteiger partial charge in [-0.3, -0.25) is 0 Å². The first kappa shape index (κ1) is 12.1. The van der Waals surface area contributed by atoms with E-state index in [0.29, 0.717) is 6.61 Å². The number of hydrogen-bond donors (Lipinski definition) is 0. The molecule has 0 aromatic carbocycles. The quantitative estimate of drug-likeness (QED) is 0.333. The summed E-state index contributed by atoms with van der Waals surface area (Å²) in [5.41, 5.74) is 0. The van der Waals surface area contributed by atoms with E-state index in [1.807, 2.05) is 6.92 Å². The Bertz CT molecular complexity index is 88.1. The maximum absolute atomic E-state index is 9.96. The predicted octanol–water partition coefficient (Wildman–Crippen LogP) is 0.820. The summed E-state index contributed by atoms with van der Waals surface area (Å²) in [6.07, 6.45) is 1.78. The fourth-order valence-electron chi connectivity index (χ4n) is 0.372. The number of rotatable bonds is 4. The maximum atomic E-state index is 9.96. The van der Waals surface area contributed by atoms with Crippen molar-refractivity contribution in [1.29, 1.82) is 0 Å². The summed E-state index contributed by atoms with van der Waals surface area (Å²) in [5, 5.41) is 0. The average Bonchev–Trinajstić information content (AvgIpc) is 2.04. The van der Waals surface area contributed by atoms with Gasteiger partial charge < -0.3 is 9.53 Å². The van der Waals surface area contributed by atoms with Crippen LogP contribution < -0.4 is 0 Å². The number of ether oxygens (including phenoxy) is 1. The molecule has 0 spiro atoms. The Morgan fingerprint density at radius 3 is 2.50 bits per heavy atom. The molecule has 0 aliphatic rings. The van der Waals surface area contributed by atoms with Crippen molar-refractivity contribution in [2.24, 2.45) is 5.92 Å². The summed E-state index contributed by atoms with van der Waals surface area (Å²) in [6, 6.07) is 0. The van der Waals surface area contributed by atoms with Gasteiger partial charge in [0.2, 0.25) is 0 Å². The van der Waals surface area contributed by atoms with Gasteiger partial charge in [-0.15, -0.1) is 0 Å². The molecule has 0 rings (SSSR count). The molecule has 0 aliphatic heterocycles. The third-order valence-corrected chi connectivity index (χ3v) is 1.01. The molecule has 0 N–H and O–H groups in total. The fraction of sp³-hybridized carbons (Fsp3) is 0.714. The molecule has 0 saturated heterocycles. The second kappa shape index (κ2) is 11.2. The van der Waals surface area contributed by atoms with Crippen LogP contribution in [0, 0.1) is 12.6 Å². The van der Waals surface area contributed by atoms with Crippen LogP contribution in [0.5, 0.6) is 0 Å². The Labute approximate surface area is 61.1 Å². The fourth-order valence-corrected chi connectivity index (χ4v) is 0.372. The van der Waals surface area contributed by atoms with Gasteiger partial charge in [0, 0.05) is 19.6 Å². The van der Waals surface area contributed by atoms with Crippen molar-refractivity contribution < 1.29 is 14.2 Å². The van der Waals surface area contributed by atoms with Crippen LogP contribution in [0.25, 0.3) is 0 Å². The molecule has 0 bridgehead atoms. The van der Waals surface area contributed by atoms with Gasteiger partial charge in [-0.05, 0) is 6.42 Å². The SMILES string of the molecule is COCCC(C)C=O.[C-]#[O+]. The summed E-state index contributed by atoms with van der Waals surface area (Å²) in [4.78, 5) is 9.96. The number of carbonyl (C=O) groups excluding carboxylic acids is 1. The molecule has 0 amide bonds. The van der Waals surface area contributed by atoms with Crippen molar-refractivity contribution in [2.45, 2.75) is 13.3 Å². The van der Waals surface area contributed by atoms with E-state index >= 15 is 0 Å². The predicted molar refractivity (Wildman–Crippen MR) is 35.7 cm³/mol. The van der Waals surface area contributed by atoms with Crippen LogP contribution in [0.4, 0.5) is 0 Å². The van der Waals surface area contributed by atoms with E-state index in [4.69, 9.17) is 9.39 Å². The van der Waals surface area contributed by atoms with Crippen LogP contribution in [-0.4, -0.2) is 20.0 Å². The summed E-state index contributed by atoms with van der Waals surface area (Å²) in [5.74, 6) is 0.148. The first-order chi connectivity index (χ1) is 4.81. The molecule has 0 radical (unpaired) electrons. The second-order valence-corrected chi connectivity index (χ2v) is 1.89. The van der Waals surface area contributed by atoms with Crippen molar-refractivity contribution in [3.63, 3.8) is 0 Å². The zero-order chi connectivity index (χ0) is 8.41. The van der Waals surface area contributed by atoms with Crippen molar-refractivity contribution in [3.8, 4) is 0 Å². The third-order valence-electron chi connectivity index (χ3n) is 1.01. The van der Waals surface area contributed by atoms with E-state index in [2.05, 4.69) is 6.65 Å². The van der Waals surface area contributed by atoms with E-state index in [-0.39, 0.29) is 5.92 Å². The molecule has 0 saturated carbocycles. The van der Waals surface area contributed by atoms with Crippen molar-refractivity contribution >= 4 is 6.29 Å². The van der Waals surface area contributed by atoms with Crippen LogP contribution in [0.2, 0.25) is 0 Å². The number of aldehydes is 1. The average molecular weight is 144 g/mol. The number of hydrogen-bond acceptors (Lipinski definition) is 2. The van der Waals surface area contributed by atoms with Crippen molar-refractivity contribution in [1.82, 2.24) is 0 Å². The Morgan fingerprint density at radius 1 is 1.70 bits per heavy atom. The molecule has 0 aliphatic carbocycles. The van der Waals surface area contributed by atoms with E-state index in [1.54, 1.807) is 7.11 Å². The molecule has 3 nitrogen and oxygen atoms in total. The molecule has 10 heavy (non-hydrogen) atoms. The minimum absolute atomic E-state index is 0.148. The van der Waals surface area contributed by atoms with Crippen LogP contribution in [0.1, 0.15) is 13.3 Å². The zero-order valence-electron chi connectivity index (χ0n) is 6.29. The van der Waals surface area contributed by atoms with Gasteiger partial charge in [0.15, 0.2) is 0 Å². The molecule has 1 unspecified atom stereocenters. The monoisotopic (exact) mass is 144 g/mol. The summed E-state index contributed by atoms with van der Waals surface area (Å²) >= 11 is 0. The van der Waals surface area contributed by atoms with Gasteiger partial charge in [-0.1, -0.05) is 6.92 Å². The minimum atomic E-state index is 0.148. The normalized spacial score (nSPS) is 10.8. The van der Waals surface area contributed by atoms with Gasteiger partial charge in [0.25, 0.3) is 0 Å². The van der Waals surface area contributed by atoms with Crippen molar-refractivity contribution in [3.05, 3.63) is 6.65 Å². The molecule has 0 fully saturated rings. The molecule has 1 atom stereocenters. The van der Waals surface area contributed by atoms with E-state index < -0.39 is 0 Å². The first-order valence-electron chi connectivity index (χ1n) is 2.96. The molecule has 0 heterocycles. The van der Waals surface area contributed by atoms with Crippen LogP contribution in [0.3, 0.4) is 0 Å².